The van der Waals surface area contributed by atoms with Crippen molar-refractivity contribution in [1.29, 1.82) is 0 Å². The molecule has 0 aliphatic heterocycles. The number of fused-ring (bicyclic) bond motifs is 3. The average molecular weight is 781 g/mol. The summed E-state index contributed by atoms with van der Waals surface area (Å²) >= 11 is 0. The molecule has 0 radical (unpaired) electrons. The van der Waals surface area contributed by atoms with E-state index < -0.39 is 34.9 Å². The Morgan fingerprint density at radius 1 is 0.397 bits per heavy atom. The van der Waals surface area contributed by atoms with Crippen LogP contribution in [0.25, 0.3) is 83.9 Å². The lowest BCUT2D eigenvalue weighted by molar-refractivity contribution is -0.142. The highest BCUT2D eigenvalue weighted by Crippen LogP contribution is 2.44. The highest BCUT2D eigenvalue weighted by atomic mass is 19.4. The number of alkyl halides is 6. The van der Waals surface area contributed by atoms with E-state index in [1.165, 1.54) is 18.2 Å². The number of hydrogen-bond acceptors (Lipinski definition) is 3. The first-order chi connectivity index (χ1) is 27.9. The second-order valence-corrected chi connectivity index (χ2v) is 13.6. The van der Waals surface area contributed by atoms with E-state index in [1.807, 2.05) is 108 Å². The molecule has 7 aromatic carbocycles. The van der Waals surface area contributed by atoms with E-state index in [9.17, 15) is 30.7 Å². The Bertz CT molecular complexity index is 2920. The largest absolute Gasteiger partial charge is 0.417 e. The van der Waals surface area contributed by atoms with Crippen LogP contribution in [0.5, 0.6) is 0 Å². The van der Waals surface area contributed by atoms with Crippen LogP contribution in [0, 0.1) is 5.82 Å². The van der Waals surface area contributed by atoms with Crippen molar-refractivity contribution in [2.24, 2.45) is 0 Å². The quantitative estimate of drug-likeness (QED) is 0.158. The van der Waals surface area contributed by atoms with Crippen molar-refractivity contribution in [3.63, 3.8) is 0 Å². The van der Waals surface area contributed by atoms with Crippen LogP contribution in [-0.4, -0.2) is 19.5 Å². The van der Waals surface area contributed by atoms with Crippen LogP contribution in [-0.2, 0) is 12.4 Å². The SMILES string of the molecule is Fc1ccc(-c2ccc(-c3nc(-c4ccccc4)nc(-c4ccccc4)n3)c(-n3c4ccccc4c4ccc(-c5ccc(C(F)(F)F)cc5C(F)(F)F)cc43)c2)cc1. The topological polar surface area (TPSA) is 43.6 Å². The van der Waals surface area contributed by atoms with Gasteiger partial charge < -0.3 is 4.57 Å². The fourth-order valence-corrected chi connectivity index (χ4v) is 7.26. The molecular formula is C47H27F7N4. The van der Waals surface area contributed by atoms with Crippen LogP contribution < -0.4 is 0 Å². The van der Waals surface area contributed by atoms with Crippen molar-refractivity contribution in [3.8, 4) is 62.1 Å². The van der Waals surface area contributed by atoms with Gasteiger partial charge in [0.2, 0.25) is 0 Å². The fourth-order valence-electron chi connectivity index (χ4n) is 7.26. The predicted molar refractivity (Wildman–Crippen MR) is 211 cm³/mol. The maximum Gasteiger partial charge on any atom is 0.417 e. The number of halogens is 7. The molecule has 284 valence electrons. The molecule has 0 fully saturated rings. The van der Waals surface area contributed by atoms with Crippen LogP contribution >= 0.6 is 0 Å². The van der Waals surface area contributed by atoms with Crippen molar-refractivity contribution in [3.05, 3.63) is 181 Å². The first kappa shape index (κ1) is 36.5. The van der Waals surface area contributed by atoms with Crippen molar-refractivity contribution < 1.29 is 30.7 Å². The third-order valence-electron chi connectivity index (χ3n) is 9.99. The number of benzene rings is 7. The minimum atomic E-state index is -5.08. The molecule has 0 atom stereocenters. The summed E-state index contributed by atoms with van der Waals surface area (Å²) in [5.74, 6) is 0.704. The highest BCUT2D eigenvalue weighted by Gasteiger charge is 2.38. The summed E-state index contributed by atoms with van der Waals surface area (Å²) in [7, 11) is 0. The number of rotatable bonds is 6. The van der Waals surface area contributed by atoms with E-state index in [1.54, 1.807) is 24.3 Å². The maximum atomic E-state index is 14.5. The summed E-state index contributed by atoms with van der Waals surface area (Å²) in [6.07, 6.45) is -10.1. The molecule has 4 nitrogen and oxygen atoms in total. The van der Waals surface area contributed by atoms with Gasteiger partial charge in [-0.15, -0.1) is 0 Å². The maximum absolute atomic E-state index is 14.5. The molecule has 0 aliphatic carbocycles. The standard InChI is InChI=1S/C47H27F7N4/c48-34-20-15-28(16-21-34)31-17-23-38(45-56-43(29-9-3-1-4-10-29)55-44(57-45)30-11-5-2-6-12-30)42(25-31)58-40-14-8-7-13-36(40)37-22-18-32(26-41(37)58)35-24-19-33(46(49,50)51)27-39(35)47(52,53)54/h1-27H. The second kappa shape index (κ2) is 14.1. The minimum Gasteiger partial charge on any atom is -0.308 e. The number of nitrogens with zero attached hydrogens (tertiary/aromatic N) is 4. The Hall–Kier alpha value is -7.14. The Morgan fingerprint density at radius 3 is 1.59 bits per heavy atom. The minimum absolute atomic E-state index is 0.0618. The molecule has 9 aromatic rings. The third-order valence-corrected chi connectivity index (χ3v) is 9.99. The molecule has 2 heterocycles. The zero-order valence-electron chi connectivity index (χ0n) is 30.0. The van der Waals surface area contributed by atoms with Gasteiger partial charge in [-0.2, -0.15) is 26.3 Å². The van der Waals surface area contributed by atoms with Gasteiger partial charge in [0.25, 0.3) is 0 Å². The molecule has 2 aromatic heterocycles. The Balaban J connectivity index is 1.35. The molecule has 58 heavy (non-hydrogen) atoms. The first-order valence-corrected chi connectivity index (χ1v) is 18.0. The van der Waals surface area contributed by atoms with Crippen LogP contribution in [0.2, 0.25) is 0 Å². The molecule has 0 aliphatic rings. The fraction of sp³-hybridized carbons (Fsp3) is 0.0426. The second-order valence-electron chi connectivity index (χ2n) is 13.6. The summed E-state index contributed by atoms with van der Waals surface area (Å²) in [5, 5.41) is 1.46. The molecule has 0 amide bonds. The number of hydrogen-bond donors (Lipinski definition) is 0. The van der Waals surface area contributed by atoms with Crippen LogP contribution in [0.3, 0.4) is 0 Å². The van der Waals surface area contributed by atoms with E-state index in [0.29, 0.717) is 62.3 Å². The lowest BCUT2D eigenvalue weighted by Crippen LogP contribution is -2.12. The summed E-state index contributed by atoms with van der Waals surface area (Å²) < 4.78 is 100. The molecule has 0 saturated heterocycles. The summed E-state index contributed by atoms with van der Waals surface area (Å²) in [4.78, 5) is 14.8. The monoisotopic (exact) mass is 780 g/mol. The van der Waals surface area contributed by atoms with Gasteiger partial charge in [-0.25, -0.2) is 19.3 Å². The van der Waals surface area contributed by atoms with E-state index in [-0.39, 0.29) is 11.6 Å². The van der Waals surface area contributed by atoms with Crippen molar-refractivity contribution in [2.75, 3.05) is 0 Å². The van der Waals surface area contributed by atoms with Crippen LogP contribution in [0.1, 0.15) is 11.1 Å². The molecular weight excluding hydrogens is 754 g/mol. The van der Waals surface area contributed by atoms with E-state index in [4.69, 9.17) is 15.0 Å². The van der Waals surface area contributed by atoms with Gasteiger partial charge in [-0.05, 0) is 70.8 Å². The Labute approximate surface area is 326 Å². The molecule has 0 N–H and O–H groups in total. The van der Waals surface area contributed by atoms with E-state index in [0.717, 1.165) is 22.6 Å². The Morgan fingerprint density at radius 2 is 0.948 bits per heavy atom. The molecule has 9 rings (SSSR count). The smallest absolute Gasteiger partial charge is 0.308 e. The first-order valence-electron chi connectivity index (χ1n) is 18.0. The van der Waals surface area contributed by atoms with Gasteiger partial charge in [0.15, 0.2) is 17.5 Å². The normalized spacial score (nSPS) is 12.1. The molecule has 0 bridgehead atoms. The van der Waals surface area contributed by atoms with Crippen molar-refractivity contribution in [2.45, 2.75) is 12.4 Å². The van der Waals surface area contributed by atoms with E-state index >= 15 is 0 Å². The molecule has 0 unspecified atom stereocenters. The lowest BCUT2D eigenvalue weighted by atomic mass is 9.96. The van der Waals surface area contributed by atoms with Gasteiger partial charge in [-0.3, -0.25) is 0 Å². The summed E-state index contributed by atoms with van der Waals surface area (Å²) in [5.41, 5.74) is 1.98. The molecule has 0 saturated carbocycles. The average Bonchev–Trinajstić information content (AvgIpc) is 3.57. The predicted octanol–water partition coefficient (Wildman–Crippen LogP) is 13.5. The summed E-state index contributed by atoms with van der Waals surface area (Å²) in [6, 6.07) is 44.2. The van der Waals surface area contributed by atoms with Gasteiger partial charge in [-0.1, -0.05) is 115 Å². The number of aromatic nitrogens is 4. The third kappa shape index (κ3) is 6.74. The zero-order valence-corrected chi connectivity index (χ0v) is 30.0. The highest BCUT2D eigenvalue weighted by molar-refractivity contribution is 6.11. The van der Waals surface area contributed by atoms with Gasteiger partial charge in [0.1, 0.15) is 5.82 Å². The zero-order chi connectivity index (χ0) is 40.2. The van der Waals surface area contributed by atoms with Gasteiger partial charge in [0.05, 0.1) is 27.8 Å². The molecule has 0 spiro atoms. The van der Waals surface area contributed by atoms with Gasteiger partial charge >= 0.3 is 12.4 Å². The van der Waals surface area contributed by atoms with Crippen LogP contribution in [0.15, 0.2) is 164 Å². The van der Waals surface area contributed by atoms with Crippen LogP contribution in [0.4, 0.5) is 30.7 Å². The van der Waals surface area contributed by atoms with Crippen molar-refractivity contribution in [1.82, 2.24) is 19.5 Å². The van der Waals surface area contributed by atoms with Crippen molar-refractivity contribution >= 4 is 21.8 Å². The number of para-hydroxylation sites is 1. The lowest BCUT2D eigenvalue weighted by Gasteiger charge is -2.18. The summed E-state index contributed by atoms with van der Waals surface area (Å²) in [6.45, 7) is 0. The van der Waals surface area contributed by atoms with Gasteiger partial charge in [0, 0.05) is 27.5 Å². The van der Waals surface area contributed by atoms with E-state index in [2.05, 4.69) is 0 Å². The molecule has 11 heteroatoms. The Kier molecular flexibility index (Phi) is 8.88.